The van der Waals surface area contributed by atoms with E-state index in [2.05, 4.69) is 42.5 Å². The Balaban J connectivity index is 1.56. The fourth-order valence-corrected chi connectivity index (χ4v) is 3.66. The zero-order chi connectivity index (χ0) is 16.8. The summed E-state index contributed by atoms with van der Waals surface area (Å²) in [5, 5.41) is 2.25. The van der Waals surface area contributed by atoms with Gasteiger partial charge in [-0.3, -0.25) is 0 Å². The normalized spacial score (nSPS) is 12.0. The second kappa shape index (κ2) is 5.38. The molecule has 0 atom stereocenters. The fraction of sp³-hybridized carbons (Fsp3) is 0.0435. The van der Waals surface area contributed by atoms with Crippen molar-refractivity contribution in [2.45, 2.75) is 6.42 Å². The van der Waals surface area contributed by atoms with Crippen molar-refractivity contribution in [2.75, 3.05) is 5.73 Å². The zero-order valence-electron chi connectivity index (χ0n) is 13.7. The van der Waals surface area contributed by atoms with E-state index < -0.39 is 0 Å². The monoisotopic (exact) mass is 323 g/mol. The van der Waals surface area contributed by atoms with Gasteiger partial charge in [-0.15, -0.1) is 0 Å². The highest BCUT2D eigenvalue weighted by Crippen LogP contribution is 2.42. The summed E-state index contributed by atoms with van der Waals surface area (Å²) in [5.74, 6) is 1.76. The average molecular weight is 323 g/mol. The number of rotatable bonds is 2. The summed E-state index contributed by atoms with van der Waals surface area (Å²) in [6.45, 7) is 0. The van der Waals surface area contributed by atoms with Crippen molar-refractivity contribution in [1.82, 2.24) is 0 Å². The summed E-state index contributed by atoms with van der Waals surface area (Å²) >= 11 is 0. The molecular weight excluding hydrogens is 306 g/mol. The Bertz CT molecular complexity index is 1110. The molecule has 0 spiro atoms. The highest BCUT2D eigenvalue weighted by Gasteiger charge is 2.21. The number of hydrogen-bond donors (Lipinski definition) is 1. The number of fused-ring (bicyclic) bond motifs is 4. The van der Waals surface area contributed by atoms with Crippen LogP contribution in [-0.4, -0.2) is 0 Å². The largest absolute Gasteiger partial charge is 0.457 e. The molecule has 0 bridgehead atoms. The first-order valence-corrected chi connectivity index (χ1v) is 8.45. The van der Waals surface area contributed by atoms with Crippen LogP contribution in [0, 0.1) is 0 Å². The smallest absolute Gasteiger partial charge is 0.131 e. The Labute approximate surface area is 146 Å². The molecule has 0 aliphatic heterocycles. The summed E-state index contributed by atoms with van der Waals surface area (Å²) in [7, 11) is 0. The minimum absolute atomic E-state index is 0.765. The third-order valence-corrected chi connectivity index (χ3v) is 4.87. The Morgan fingerprint density at radius 1 is 0.720 bits per heavy atom. The van der Waals surface area contributed by atoms with Gasteiger partial charge in [0.2, 0.25) is 0 Å². The van der Waals surface area contributed by atoms with Crippen molar-refractivity contribution in [3.05, 3.63) is 90.0 Å². The molecule has 4 aromatic carbocycles. The molecule has 0 saturated carbocycles. The molecule has 2 heteroatoms. The quantitative estimate of drug-likeness (QED) is 0.418. The van der Waals surface area contributed by atoms with Crippen molar-refractivity contribution >= 4 is 16.5 Å². The lowest BCUT2D eigenvalue weighted by Crippen LogP contribution is -1.91. The molecule has 1 aliphatic rings. The predicted molar refractivity (Wildman–Crippen MR) is 103 cm³/mol. The Morgan fingerprint density at radius 2 is 1.56 bits per heavy atom. The Kier molecular flexibility index (Phi) is 3.04. The summed E-state index contributed by atoms with van der Waals surface area (Å²) in [4.78, 5) is 0. The van der Waals surface area contributed by atoms with Crippen LogP contribution in [0.4, 0.5) is 5.69 Å². The van der Waals surface area contributed by atoms with Gasteiger partial charge in [0.15, 0.2) is 0 Å². The maximum atomic E-state index is 6.26. The van der Waals surface area contributed by atoms with Gasteiger partial charge in [-0.25, -0.2) is 0 Å². The highest BCUT2D eigenvalue weighted by molar-refractivity contribution is 5.86. The van der Waals surface area contributed by atoms with Gasteiger partial charge in [0, 0.05) is 17.7 Å². The molecule has 5 rings (SSSR count). The minimum Gasteiger partial charge on any atom is -0.457 e. The van der Waals surface area contributed by atoms with Crippen molar-refractivity contribution in [1.29, 1.82) is 0 Å². The van der Waals surface area contributed by atoms with E-state index in [9.17, 15) is 0 Å². The standard InChI is InChI=1S/C23H17NO/c24-18-10-8-15-9-11-19(13-17(15)12-18)25-23-7-3-6-21-20-5-2-1-4-16(20)14-22(21)23/h1-13H,14,24H2. The van der Waals surface area contributed by atoms with E-state index in [-0.39, 0.29) is 0 Å². The molecule has 0 heterocycles. The van der Waals surface area contributed by atoms with E-state index in [0.29, 0.717) is 0 Å². The Morgan fingerprint density at radius 3 is 2.52 bits per heavy atom. The van der Waals surface area contributed by atoms with Crippen LogP contribution in [0.25, 0.3) is 21.9 Å². The van der Waals surface area contributed by atoms with E-state index in [1.807, 2.05) is 36.4 Å². The van der Waals surface area contributed by atoms with E-state index in [1.54, 1.807) is 0 Å². The molecule has 0 amide bonds. The number of nitrogens with two attached hydrogens (primary N) is 1. The summed E-state index contributed by atoms with van der Waals surface area (Å²) in [5.41, 5.74) is 11.9. The van der Waals surface area contributed by atoms with Gasteiger partial charge >= 0.3 is 0 Å². The average Bonchev–Trinajstić information content (AvgIpc) is 3.01. The van der Waals surface area contributed by atoms with E-state index >= 15 is 0 Å². The number of ether oxygens (including phenoxy) is 1. The molecule has 0 saturated heterocycles. The van der Waals surface area contributed by atoms with Crippen LogP contribution in [0.5, 0.6) is 11.5 Å². The van der Waals surface area contributed by atoms with E-state index in [0.717, 1.165) is 34.4 Å². The van der Waals surface area contributed by atoms with Crippen LogP contribution in [0.1, 0.15) is 11.1 Å². The number of anilines is 1. The van der Waals surface area contributed by atoms with Crippen molar-refractivity contribution in [3.63, 3.8) is 0 Å². The molecule has 1 aliphatic carbocycles. The van der Waals surface area contributed by atoms with Gasteiger partial charge in [0.25, 0.3) is 0 Å². The van der Waals surface area contributed by atoms with Gasteiger partial charge in [-0.1, -0.05) is 48.5 Å². The topological polar surface area (TPSA) is 35.2 Å². The predicted octanol–water partition coefficient (Wildman–Crippen LogP) is 5.79. The summed E-state index contributed by atoms with van der Waals surface area (Å²) < 4.78 is 6.26. The number of nitrogen functional groups attached to an aromatic ring is 1. The summed E-state index contributed by atoms with van der Waals surface area (Å²) in [6, 6.07) is 26.9. The van der Waals surface area contributed by atoms with Crippen LogP contribution in [0.3, 0.4) is 0 Å². The molecule has 0 fully saturated rings. The molecule has 2 N–H and O–H groups in total. The minimum atomic E-state index is 0.765. The maximum Gasteiger partial charge on any atom is 0.131 e. The molecular formula is C23H17NO. The van der Waals surface area contributed by atoms with Crippen LogP contribution >= 0.6 is 0 Å². The number of benzene rings is 4. The molecule has 4 aromatic rings. The molecule has 2 nitrogen and oxygen atoms in total. The van der Waals surface area contributed by atoms with Crippen LogP contribution in [-0.2, 0) is 6.42 Å². The first kappa shape index (κ1) is 14.1. The van der Waals surface area contributed by atoms with Gasteiger partial charge < -0.3 is 10.5 Å². The van der Waals surface area contributed by atoms with Crippen molar-refractivity contribution < 1.29 is 4.74 Å². The Hall–Kier alpha value is -3.26. The lowest BCUT2D eigenvalue weighted by atomic mass is 10.1. The van der Waals surface area contributed by atoms with E-state index in [1.165, 1.54) is 22.3 Å². The SMILES string of the molecule is Nc1ccc2ccc(Oc3cccc4c3Cc3ccccc3-4)cc2c1. The first-order chi connectivity index (χ1) is 12.3. The van der Waals surface area contributed by atoms with Gasteiger partial charge in [-0.2, -0.15) is 0 Å². The van der Waals surface area contributed by atoms with Crippen molar-refractivity contribution in [2.24, 2.45) is 0 Å². The first-order valence-electron chi connectivity index (χ1n) is 8.45. The lowest BCUT2D eigenvalue weighted by Gasteiger charge is -2.11. The molecule has 25 heavy (non-hydrogen) atoms. The fourth-order valence-electron chi connectivity index (χ4n) is 3.66. The molecule has 120 valence electrons. The highest BCUT2D eigenvalue weighted by atomic mass is 16.5. The third-order valence-electron chi connectivity index (χ3n) is 4.87. The lowest BCUT2D eigenvalue weighted by molar-refractivity contribution is 0.479. The van der Waals surface area contributed by atoms with Gasteiger partial charge in [0.1, 0.15) is 11.5 Å². The number of hydrogen-bond acceptors (Lipinski definition) is 2. The third kappa shape index (κ3) is 2.34. The van der Waals surface area contributed by atoms with Crippen LogP contribution in [0.2, 0.25) is 0 Å². The van der Waals surface area contributed by atoms with Gasteiger partial charge in [0.05, 0.1) is 0 Å². The van der Waals surface area contributed by atoms with Crippen LogP contribution in [0.15, 0.2) is 78.9 Å². The van der Waals surface area contributed by atoms with Crippen LogP contribution < -0.4 is 10.5 Å². The second-order valence-corrected chi connectivity index (χ2v) is 6.49. The maximum absolute atomic E-state index is 6.26. The zero-order valence-corrected chi connectivity index (χ0v) is 13.7. The molecule has 0 aromatic heterocycles. The van der Waals surface area contributed by atoms with Gasteiger partial charge in [-0.05, 0) is 57.8 Å². The van der Waals surface area contributed by atoms with Crippen molar-refractivity contribution in [3.8, 4) is 22.6 Å². The molecule has 0 radical (unpaired) electrons. The summed E-state index contributed by atoms with van der Waals surface area (Å²) in [6.07, 6.45) is 0.919. The molecule has 0 unspecified atom stereocenters. The van der Waals surface area contributed by atoms with E-state index in [4.69, 9.17) is 10.5 Å². The second-order valence-electron chi connectivity index (χ2n) is 6.49.